The standard InChI is InChI=1S/C15H20N2O/c1-4-18-13-5-6-15-14(9-13)12(7-10(2)16)8-11(3)17-15/h5-6,8-10H,4,7,16H2,1-3H3. The van der Waals surface area contributed by atoms with E-state index in [2.05, 4.69) is 17.1 Å². The number of aromatic nitrogens is 1. The molecule has 18 heavy (non-hydrogen) atoms. The lowest BCUT2D eigenvalue weighted by Gasteiger charge is -2.11. The first-order valence-electron chi connectivity index (χ1n) is 6.38. The molecule has 1 heterocycles. The van der Waals surface area contributed by atoms with E-state index in [4.69, 9.17) is 10.5 Å². The molecule has 1 unspecified atom stereocenters. The third kappa shape index (κ3) is 2.79. The number of ether oxygens (including phenoxy) is 1. The van der Waals surface area contributed by atoms with Crippen LogP contribution in [0.5, 0.6) is 5.75 Å². The van der Waals surface area contributed by atoms with Gasteiger partial charge in [-0.05, 0) is 57.0 Å². The molecule has 3 heteroatoms. The molecule has 0 aliphatic carbocycles. The molecular weight excluding hydrogens is 224 g/mol. The van der Waals surface area contributed by atoms with Gasteiger partial charge in [0.1, 0.15) is 5.75 Å². The van der Waals surface area contributed by atoms with E-state index in [1.807, 2.05) is 32.9 Å². The number of rotatable bonds is 4. The summed E-state index contributed by atoms with van der Waals surface area (Å²) >= 11 is 0. The quantitative estimate of drug-likeness (QED) is 0.899. The van der Waals surface area contributed by atoms with Crippen LogP contribution in [-0.2, 0) is 6.42 Å². The Balaban J connectivity index is 2.54. The first kappa shape index (κ1) is 12.8. The van der Waals surface area contributed by atoms with Crippen molar-refractivity contribution in [2.75, 3.05) is 6.61 Å². The van der Waals surface area contributed by atoms with Crippen molar-refractivity contribution in [2.45, 2.75) is 33.2 Å². The second kappa shape index (κ2) is 5.36. The molecule has 2 aromatic rings. The third-order valence-corrected chi connectivity index (χ3v) is 2.85. The predicted molar refractivity (Wildman–Crippen MR) is 75.0 cm³/mol. The van der Waals surface area contributed by atoms with Crippen molar-refractivity contribution in [1.29, 1.82) is 0 Å². The number of nitrogens with two attached hydrogens (primary N) is 1. The smallest absolute Gasteiger partial charge is 0.120 e. The topological polar surface area (TPSA) is 48.1 Å². The van der Waals surface area contributed by atoms with E-state index in [9.17, 15) is 0 Å². The zero-order valence-electron chi connectivity index (χ0n) is 11.2. The number of nitrogens with zero attached hydrogens (tertiary/aromatic N) is 1. The summed E-state index contributed by atoms with van der Waals surface area (Å²) in [5.74, 6) is 0.890. The molecule has 1 aromatic carbocycles. The van der Waals surface area contributed by atoms with E-state index in [0.29, 0.717) is 6.61 Å². The first-order chi connectivity index (χ1) is 8.60. The highest BCUT2D eigenvalue weighted by Crippen LogP contribution is 2.24. The van der Waals surface area contributed by atoms with Crippen LogP contribution in [0, 0.1) is 6.92 Å². The zero-order chi connectivity index (χ0) is 13.1. The molecule has 0 aliphatic rings. The van der Waals surface area contributed by atoms with Crippen molar-refractivity contribution in [1.82, 2.24) is 4.98 Å². The maximum atomic E-state index is 5.91. The number of aryl methyl sites for hydroxylation is 1. The lowest BCUT2D eigenvalue weighted by Crippen LogP contribution is -2.18. The van der Waals surface area contributed by atoms with Crippen LogP contribution in [0.4, 0.5) is 0 Å². The Hall–Kier alpha value is -1.61. The van der Waals surface area contributed by atoms with Crippen LogP contribution in [0.3, 0.4) is 0 Å². The Morgan fingerprint density at radius 3 is 2.78 bits per heavy atom. The van der Waals surface area contributed by atoms with Gasteiger partial charge in [0.2, 0.25) is 0 Å². The van der Waals surface area contributed by atoms with Gasteiger partial charge in [0.15, 0.2) is 0 Å². The minimum absolute atomic E-state index is 0.144. The van der Waals surface area contributed by atoms with E-state index in [-0.39, 0.29) is 6.04 Å². The molecule has 2 rings (SSSR count). The predicted octanol–water partition coefficient (Wildman–Crippen LogP) is 2.83. The van der Waals surface area contributed by atoms with Crippen LogP contribution in [-0.4, -0.2) is 17.6 Å². The molecule has 3 nitrogen and oxygen atoms in total. The molecule has 0 saturated carbocycles. The van der Waals surface area contributed by atoms with Crippen LogP contribution < -0.4 is 10.5 Å². The van der Waals surface area contributed by atoms with Crippen molar-refractivity contribution < 1.29 is 4.74 Å². The van der Waals surface area contributed by atoms with Gasteiger partial charge in [-0.2, -0.15) is 0 Å². The second-order valence-electron chi connectivity index (χ2n) is 4.72. The zero-order valence-corrected chi connectivity index (χ0v) is 11.2. The minimum atomic E-state index is 0.144. The third-order valence-electron chi connectivity index (χ3n) is 2.85. The summed E-state index contributed by atoms with van der Waals surface area (Å²) in [7, 11) is 0. The normalized spacial score (nSPS) is 12.7. The molecule has 1 atom stereocenters. The molecule has 0 spiro atoms. The summed E-state index contributed by atoms with van der Waals surface area (Å²) in [5.41, 5.74) is 9.19. The lowest BCUT2D eigenvalue weighted by atomic mass is 10.0. The van der Waals surface area contributed by atoms with Gasteiger partial charge in [-0.1, -0.05) is 0 Å². The Bertz CT molecular complexity index is 549. The largest absolute Gasteiger partial charge is 0.494 e. The number of benzene rings is 1. The lowest BCUT2D eigenvalue weighted by molar-refractivity contribution is 0.340. The van der Waals surface area contributed by atoms with Crippen LogP contribution in [0.2, 0.25) is 0 Å². The van der Waals surface area contributed by atoms with Gasteiger partial charge in [-0.3, -0.25) is 4.98 Å². The molecule has 0 radical (unpaired) electrons. The first-order valence-corrected chi connectivity index (χ1v) is 6.38. The van der Waals surface area contributed by atoms with Gasteiger partial charge in [-0.25, -0.2) is 0 Å². The summed E-state index contributed by atoms with van der Waals surface area (Å²) in [6, 6.07) is 8.29. The molecule has 1 aromatic heterocycles. The summed E-state index contributed by atoms with van der Waals surface area (Å²) in [6.45, 7) is 6.70. The highest BCUT2D eigenvalue weighted by molar-refractivity contribution is 5.84. The summed E-state index contributed by atoms with van der Waals surface area (Å²) < 4.78 is 5.55. The van der Waals surface area contributed by atoms with Crippen LogP contribution in [0.15, 0.2) is 24.3 Å². The summed E-state index contributed by atoms with van der Waals surface area (Å²) in [4.78, 5) is 4.55. The molecule has 0 aliphatic heterocycles. The monoisotopic (exact) mass is 244 g/mol. The highest BCUT2D eigenvalue weighted by Gasteiger charge is 2.07. The molecule has 96 valence electrons. The second-order valence-corrected chi connectivity index (χ2v) is 4.72. The van der Waals surface area contributed by atoms with Gasteiger partial charge in [-0.15, -0.1) is 0 Å². The molecule has 0 amide bonds. The van der Waals surface area contributed by atoms with Crippen LogP contribution >= 0.6 is 0 Å². The van der Waals surface area contributed by atoms with Crippen molar-refractivity contribution in [3.05, 3.63) is 35.5 Å². The Morgan fingerprint density at radius 1 is 1.33 bits per heavy atom. The molecule has 0 fully saturated rings. The van der Waals surface area contributed by atoms with E-state index < -0.39 is 0 Å². The van der Waals surface area contributed by atoms with Gasteiger partial charge >= 0.3 is 0 Å². The van der Waals surface area contributed by atoms with Crippen LogP contribution in [0.1, 0.15) is 25.1 Å². The van der Waals surface area contributed by atoms with Gasteiger partial charge < -0.3 is 10.5 Å². The summed E-state index contributed by atoms with van der Waals surface area (Å²) in [5, 5.41) is 1.14. The minimum Gasteiger partial charge on any atom is -0.494 e. The average molecular weight is 244 g/mol. The molecule has 2 N–H and O–H groups in total. The molecule has 0 saturated heterocycles. The number of fused-ring (bicyclic) bond motifs is 1. The number of pyridine rings is 1. The molecular formula is C15H20N2O. The Kier molecular flexibility index (Phi) is 3.82. The molecule has 0 bridgehead atoms. The van der Waals surface area contributed by atoms with Crippen molar-refractivity contribution in [3.63, 3.8) is 0 Å². The fraction of sp³-hybridized carbons (Fsp3) is 0.400. The van der Waals surface area contributed by atoms with Crippen molar-refractivity contribution >= 4 is 10.9 Å². The van der Waals surface area contributed by atoms with Gasteiger partial charge in [0.05, 0.1) is 12.1 Å². The van der Waals surface area contributed by atoms with E-state index in [1.165, 1.54) is 5.56 Å². The summed E-state index contributed by atoms with van der Waals surface area (Å²) in [6.07, 6.45) is 0.857. The SMILES string of the molecule is CCOc1ccc2nc(C)cc(CC(C)N)c2c1. The maximum absolute atomic E-state index is 5.91. The Morgan fingerprint density at radius 2 is 2.11 bits per heavy atom. The highest BCUT2D eigenvalue weighted by atomic mass is 16.5. The van der Waals surface area contributed by atoms with Crippen molar-refractivity contribution in [3.8, 4) is 5.75 Å². The Labute approximate surface area is 108 Å². The van der Waals surface area contributed by atoms with E-state index in [0.717, 1.165) is 28.8 Å². The van der Waals surface area contributed by atoms with Crippen LogP contribution in [0.25, 0.3) is 10.9 Å². The van der Waals surface area contributed by atoms with Crippen molar-refractivity contribution in [2.24, 2.45) is 5.73 Å². The fourth-order valence-corrected chi connectivity index (χ4v) is 2.19. The average Bonchev–Trinajstić information content (AvgIpc) is 2.29. The number of hydrogen-bond acceptors (Lipinski definition) is 3. The van der Waals surface area contributed by atoms with E-state index in [1.54, 1.807) is 0 Å². The number of hydrogen-bond donors (Lipinski definition) is 1. The van der Waals surface area contributed by atoms with Gasteiger partial charge in [0.25, 0.3) is 0 Å². The maximum Gasteiger partial charge on any atom is 0.120 e. The fourth-order valence-electron chi connectivity index (χ4n) is 2.19. The van der Waals surface area contributed by atoms with E-state index >= 15 is 0 Å². The van der Waals surface area contributed by atoms with Gasteiger partial charge in [0, 0.05) is 17.1 Å².